The predicted molar refractivity (Wildman–Crippen MR) is 136 cm³/mol. The van der Waals surface area contributed by atoms with E-state index in [0.29, 0.717) is 58.5 Å². The SMILES string of the molecule is CN[C@H](C)CCCCNC(=O)COCCOCCNC(=O)COCCOCCNC(=O)CCCC(=O)O. The van der Waals surface area contributed by atoms with Gasteiger partial charge >= 0.3 is 5.97 Å². The highest BCUT2D eigenvalue weighted by Gasteiger charge is 2.04. The van der Waals surface area contributed by atoms with E-state index in [4.69, 9.17) is 24.1 Å². The Kier molecular flexibility index (Phi) is 23.7. The van der Waals surface area contributed by atoms with E-state index < -0.39 is 5.97 Å². The Morgan fingerprint density at radius 1 is 0.649 bits per heavy atom. The van der Waals surface area contributed by atoms with Gasteiger partial charge in [-0.25, -0.2) is 0 Å². The Morgan fingerprint density at radius 3 is 1.70 bits per heavy atom. The monoisotopic (exact) mass is 534 g/mol. The molecule has 0 aromatic carbocycles. The van der Waals surface area contributed by atoms with Gasteiger partial charge in [0.15, 0.2) is 0 Å². The highest BCUT2D eigenvalue weighted by Crippen LogP contribution is 1.98. The first-order chi connectivity index (χ1) is 17.8. The van der Waals surface area contributed by atoms with Gasteiger partial charge in [-0.05, 0) is 33.2 Å². The van der Waals surface area contributed by atoms with Gasteiger partial charge in [-0.1, -0.05) is 6.42 Å². The molecule has 0 aromatic rings. The predicted octanol–water partition coefficient (Wildman–Crippen LogP) is -0.565. The minimum Gasteiger partial charge on any atom is -0.481 e. The molecule has 13 nitrogen and oxygen atoms in total. The third kappa shape index (κ3) is 26.6. The van der Waals surface area contributed by atoms with Crippen LogP contribution >= 0.6 is 0 Å². The van der Waals surface area contributed by atoms with Gasteiger partial charge in [0, 0.05) is 38.5 Å². The molecule has 216 valence electrons. The summed E-state index contributed by atoms with van der Waals surface area (Å²) in [6, 6.07) is 0.483. The molecule has 0 aromatic heterocycles. The van der Waals surface area contributed by atoms with Crippen LogP contribution in [0.1, 0.15) is 45.4 Å². The zero-order chi connectivity index (χ0) is 27.6. The first kappa shape index (κ1) is 34.7. The van der Waals surface area contributed by atoms with Gasteiger partial charge in [0.2, 0.25) is 17.7 Å². The summed E-state index contributed by atoms with van der Waals surface area (Å²) in [5.41, 5.74) is 0. The molecular formula is C24H46N4O9. The minimum atomic E-state index is -0.922. The number of carbonyl (C=O) groups excluding carboxylic acids is 3. The van der Waals surface area contributed by atoms with E-state index in [-0.39, 0.29) is 57.0 Å². The third-order valence-electron chi connectivity index (χ3n) is 5.02. The second-order valence-corrected chi connectivity index (χ2v) is 8.31. The van der Waals surface area contributed by atoms with Crippen molar-refractivity contribution in [2.24, 2.45) is 0 Å². The molecule has 0 aliphatic carbocycles. The van der Waals surface area contributed by atoms with Crippen molar-refractivity contribution in [1.29, 1.82) is 0 Å². The van der Waals surface area contributed by atoms with Crippen LogP contribution in [-0.4, -0.2) is 114 Å². The summed E-state index contributed by atoms with van der Waals surface area (Å²) in [6.45, 7) is 5.05. The highest BCUT2D eigenvalue weighted by atomic mass is 16.5. The molecule has 0 rings (SSSR count). The lowest BCUT2D eigenvalue weighted by molar-refractivity contribution is -0.137. The number of carboxylic acid groups (broad SMARTS) is 1. The molecule has 13 heteroatoms. The van der Waals surface area contributed by atoms with Crippen LogP contribution in [0.25, 0.3) is 0 Å². The number of hydrogen-bond donors (Lipinski definition) is 5. The molecule has 0 heterocycles. The maximum Gasteiger partial charge on any atom is 0.303 e. The highest BCUT2D eigenvalue weighted by molar-refractivity contribution is 5.77. The topological polar surface area (TPSA) is 174 Å². The van der Waals surface area contributed by atoms with Gasteiger partial charge in [0.25, 0.3) is 0 Å². The average molecular weight is 535 g/mol. The maximum atomic E-state index is 11.7. The summed E-state index contributed by atoms with van der Waals surface area (Å²) >= 11 is 0. The number of ether oxygens (including phenoxy) is 4. The lowest BCUT2D eigenvalue weighted by Gasteiger charge is -2.10. The van der Waals surface area contributed by atoms with Crippen molar-refractivity contribution in [3.8, 4) is 0 Å². The van der Waals surface area contributed by atoms with Crippen LogP contribution in [-0.2, 0) is 38.1 Å². The van der Waals surface area contributed by atoms with Crippen molar-refractivity contribution < 1.29 is 43.2 Å². The fourth-order valence-corrected chi connectivity index (χ4v) is 2.83. The van der Waals surface area contributed by atoms with Crippen LogP contribution in [0.4, 0.5) is 0 Å². The number of hydrogen-bond acceptors (Lipinski definition) is 9. The Hall–Kier alpha value is -2.32. The van der Waals surface area contributed by atoms with Gasteiger partial charge in [-0.3, -0.25) is 19.2 Å². The van der Waals surface area contributed by atoms with E-state index in [2.05, 4.69) is 28.2 Å². The van der Waals surface area contributed by atoms with Gasteiger partial charge < -0.3 is 45.3 Å². The Labute approximate surface area is 219 Å². The van der Waals surface area contributed by atoms with Crippen molar-refractivity contribution in [3.63, 3.8) is 0 Å². The number of rotatable bonds is 26. The smallest absolute Gasteiger partial charge is 0.303 e. The summed E-state index contributed by atoms with van der Waals surface area (Å²) in [5.74, 6) is -1.55. The molecule has 0 spiro atoms. The van der Waals surface area contributed by atoms with E-state index in [1.165, 1.54) is 0 Å². The van der Waals surface area contributed by atoms with E-state index in [1.807, 2.05) is 7.05 Å². The van der Waals surface area contributed by atoms with Gasteiger partial charge in [0.1, 0.15) is 13.2 Å². The molecule has 3 amide bonds. The number of carboxylic acids is 1. The van der Waals surface area contributed by atoms with Crippen molar-refractivity contribution in [2.75, 3.05) is 79.5 Å². The largest absolute Gasteiger partial charge is 0.481 e. The maximum absolute atomic E-state index is 11.7. The Balaban J connectivity index is 3.35. The zero-order valence-corrected chi connectivity index (χ0v) is 22.3. The lowest BCUT2D eigenvalue weighted by atomic mass is 10.1. The Morgan fingerprint density at radius 2 is 1.16 bits per heavy atom. The quantitative estimate of drug-likeness (QED) is 0.0905. The average Bonchev–Trinajstić information content (AvgIpc) is 2.86. The zero-order valence-electron chi connectivity index (χ0n) is 22.3. The second-order valence-electron chi connectivity index (χ2n) is 8.31. The van der Waals surface area contributed by atoms with Crippen LogP contribution in [0.3, 0.4) is 0 Å². The molecule has 1 atom stereocenters. The molecule has 0 saturated heterocycles. The number of carbonyl (C=O) groups is 4. The fraction of sp³-hybridized carbons (Fsp3) is 0.833. The molecule has 0 aliphatic rings. The van der Waals surface area contributed by atoms with E-state index in [1.54, 1.807) is 0 Å². The van der Waals surface area contributed by atoms with Crippen molar-refractivity contribution in [2.45, 2.75) is 51.5 Å². The summed E-state index contributed by atoms with van der Waals surface area (Å²) in [4.78, 5) is 45.2. The van der Waals surface area contributed by atoms with Crippen LogP contribution in [0.15, 0.2) is 0 Å². The summed E-state index contributed by atoms with van der Waals surface area (Å²) in [7, 11) is 1.94. The lowest BCUT2D eigenvalue weighted by Crippen LogP contribution is -2.31. The molecule has 5 N–H and O–H groups in total. The fourth-order valence-electron chi connectivity index (χ4n) is 2.83. The van der Waals surface area contributed by atoms with Gasteiger partial charge in [0.05, 0.1) is 39.6 Å². The number of nitrogens with one attached hydrogen (secondary N) is 4. The third-order valence-corrected chi connectivity index (χ3v) is 5.02. The molecule has 0 bridgehead atoms. The van der Waals surface area contributed by atoms with Crippen LogP contribution < -0.4 is 21.3 Å². The summed E-state index contributed by atoms with van der Waals surface area (Å²) < 4.78 is 21.1. The number of aliphatic carboxylic acids is 1. The Bertz CT molecular complexity index is 623. The van der Waals surface area contributed by atoms with Gasteiger partial charge in [-0.2, -0.15) is 0 Å². The van der Waals surface area contributed by atoms with Gasteiger partial charge in [-0.15, -0.1) is 0 Å². The van der Waals surface area contributed by atoms with E-state index in [9.17, 15) is 19.2 Å². The first-order valence-electron chi connectivity index (χ1n) is 12.8. The number of amides is 3. The standard InChI is InChI=1S/C24H46N4O9/c1-20(25-2)6-3-4-9-26-22(30)18-36-16-15-35-13-11-28-23(31)19-37-17-14-34-12-10-27-21(29)7-5-8-24(32)33/h20,25H,3-19H2,1-2H3,(H,26,30)(H,27,29)(H,28,31)(H,32,33)/t20-/m1/s1. The molecule has 0 saturated carbocycles. The molecule has 0 fully saturated rings. The van der Waals surface area contributed by atoms with Crippen molar-refractivity contribution in [3.05, 3.63) is 0 Å². The molecular weight excluding hydrogens is 488 g/mol. The first-order valence-corrected chi connectivity index (χ1v) is 12.8. The molecule has 0 radical (unpaired) electrons. The van der Waals surface area contributed by atoms with Crippen molar-refractivity contribution >= 4 is 23.7 Å². The molecule has 0 aliphatic heterocycles. The van der Waals surface area contributed by atoms with Crippen LogP contribution in [0, 0.1) is 0 Å². The van der Waals surface area contributed by atoms with Crippen LogP contribution in [0.5, 0.6) is 0 Å². The second kappa shape index (κ2) is 25.3. The summed E-state index contributed by atoms with van der Waals surface area (Å²) in [5, 5.41) is 19.8. The molecule has 0 unspecified atom stereocenters. The van der Waals surface area contributed by atoms with Crippen LogP contribution in [0.2, 0.25) is 0 Å². The van der Waals surface area contributed by atoms with Crippen molar-refractivity contribution in [1.82, 2.24) is 21.3 Å². The summed E-state index contributed by atoms with van der Waals surface area (Å²) in [6.07, 6.45) is 3.50. The van der Waals surface area contributed by atoms with E-state index in [0.717, 1.165) is 19.3 Å². The van der Waals surface area contributed by atoms with E-state index >= 15 is 0 Å². The molecule has 37 heavy (non-hydrogen) atoms. The normalized spacial score (nSPS) is 11.6. The number of unbranched alkanes of at least 4 members (excludes halogenated alkanes) is 1. The minimum absolute atomic E-state index is 0.00268.